The average molecular weight is 252 g/mol. The summed E-state index contributed by atoms with van der Waals surface area (Å²) in [6.07, 6.45) is 0.292. The summed E-state index contributed by atoms with van der Waals surface area (Å²) in [6, 6.07) is 13.8. The summed E-state index contributed by atoms with van der Waals surface area (Å²) in [5, 5.41) is 0. The van der Waals surface area contributed by atoms with Crippen LogP contribution in [0.15, 0.2) is 42.5 Å². The largest absolute Gasteiger partial charge is 0.482 e. The van der Waals surface area contributed by atoms with Crippen LogP contribution in [0.2, 0.25) is 0 Å². The van der Waals surface area contributed by atoms with Crippen LogP contribution in [0, 0.1) is 13.8 Å². The second-order valence-electron chi connectivity index (χ2n) is 5.10. The number of para-hydroxylation sites is 1. The molecule has 0 saturated heterocycles. The summed E-state index contributed by atoms with van der Waals surface area (Å²) in [6.45, 7) is 3.97. The van der Waals surface area contributed by atoms with Crippen molar-refractivity contribution in [1.29, 1.82) is 0 Å². The average Bonchev–Trinajstić information content (AvgIpc) is 2.84. The first-order chi connectivity index (χ1) is 9.15. The van der Waals surface area contributed by atoms with Crippen LogP contribution in [0.4, 0.5) is 0 Å². The van der Waals surface area contributed by atoms with Gasteiger partial charge in [0.2, 0.25) is 5.78 Å². The van der Waals surface area contributed by atoms with Gasteiger partial charge in [0, 0.05) is 12.0 Å². The predicted octanol–water partition coefficient (Wildman–Crippen LogP) is 3.49. The summed E-state index contributed by atoms with van der Waals surface area (Å²) in [7, 11) is 0. The number of fused-ring (bicyclic) bond motifs is 1. The van der Waals surface area contributed by atoms with Crippen LogP contribution in [0.25, 0.3) is 0 Å². The number of ether oxygens (including phenoxy) is 1. The maximum Gasteiger partial charge on any atom is 0.203 e. The molecule has 1 heterocycles. The van der Waals surface area contributed by atoms with Crippen molar-refractivity contribution >= 4 is 5.78 Å². The normalized spacial score (nSPS) is 16.8. The fourth-order valence-corrected chi connectivity index (χ4v) is 2.50. The first-order valence-corrected chi connectivity index (χ1v) is 6.51. The molecule has 0 amide bonds. The van der Waals surface area contributed by atoms with Crippen molar-refractivity contribution in [3.63, 3.8) is 0 Å². The molecule has 1 atom stereocenters. The number of carbonyl (C=O) groups excluding carboxylic acids is 1. The molecule has 2 aromatic carbocycles. The van der Waals surface area contributed by atoms with Gasteiger partial charge in [-0.05, 0) is 37.1 Å². The smallest absolute Gasteiger partial charge is 0.203 e. The molecule has 0 bridgehead atoms. The molecule has 0 radical (unpaired) electrons. The van der Waals surface area contributed by atoms with E-state index < -0.39 is 0 Å². The van der Waals surface area contributed by atoms with E-state index in [1.54, 1.807) is 0 Å². The number of ketones is 1. The maximum atomic E-state index is 12.6. The van der Waals surface area contributed by atoms with E-state index in [0.717, 1.165) is 28.0 Å². The molecule has 2 nitrogen and oxygen atoms in total. The maximum absolute atomic E-state index is 12.6. The molecule has 1 aliphatic rings. The Morgan fingerprint density at radius 1 is 1.16 bits per heavy atom. The van der Waals surface area contributed by atoms with E-state index in [1.807, 2.05) is 56.3 Å². The number of carbonyl (C=O) groups is 1. The Labute approximate surface area is 113 Å². The van der Waals surface area contributed by atoms with Gasteiger partial charge in [-0.1, -0.05) is 35.9 Å². The van der Waals surface area contributed by atoms with Gasteiger partial charge < -0.3 is 4.74 Å². The molecule has 0 aromatic heterocycles. The topological polar surface area (TPSA) is 26.3 Å². The van der Waals surface area contributed by atoms with Gasteiger partial charge in [0.05, 0.1) is 0 Å². The Morgan fingerprint density at radius 3 is 2.74 bits per heavy atom. The van der Waals surface area contributed by atoms with Crippen LogP contribution in [-0.4, -0.2) is 11.9 Å². The third-order valence-corrected chi connectivity index (χ3v) is 3.60. The monoisotopic (exact) mass is 252 g/mol. The van der Waals surface area contributed by atoms with Crippen LogP contribution in [0.5, 0.6) is 5.75 Å². The highest BCUT2D eigenvalue weighted by Crippen LogP contribution is 2.30. The predicted molar refractivity (Wildman–Crippen MR) is 74.8 cm³/mol. The van der Waals surface area contributed by atoms with Crippen LogP contribution < -0.4 is 4.74 Å². The number of hydrogen-bond donors (Lipinski definition) is 0. The summed E-state index contributed by atoms with van der Waals surface area (Å²) >= 11 is 0. The Bertz CT molecular complexity index is 618. The van der Waals surface area contributed by atoms with Crippen molar-refractivity contribution in [2.24, 2.45) is 0 Å². The van der Waals surface area contributed by atoms with E-state index >= 15 is 0 Å². The van der Waals surface area contributed by atoms with Gasteiger partial charge in [0.1, 0.15) is 5.75 Å². The fourth-order valence-electron chi connectivity index (χ4n) is 2.50. The van der Waals surface area contributed by atoms with Crippen LogP contribution >= 0.6 is 0 Å². The van der Waals surface area contributed by atoms with Crippen molar-refractivity contribution in [2.75, 3.05) is 0 Å². The second-order valence-corrected chi connectivity index (χ2v) is 5.10. The Balaban J connectivity index is 1.89. The summed E-state index contributed by atoms with van der Waals surface area (Å²) in [5.41, 5.74) is 4.00. The summed E-state index contributed by atoms with van der Waals surface area (Å²) in [4.78, 5) is 12.6. The Kier molecular flexibility index (Phi) is 2.86. The van der Waals surface area contributed by atoms with Crippen molar-refractivity contribution in [2.45, 2.75) is 26.4 Å². The molecule has 0 N–H and O–H groups in total. The Hall–Kier alpha value is -2.09. The zero-order chi connectivity index (χ0) is 13.4. The van der Waals surface area contributed by atoms with Gasteiger partial charge in [-0.3, -0.25) is 4.79 Å². The minimum atomic E-state index is -0.377. The minimum absolute atomic E-state index is 0.0809. The lowest BCUT2D eigenvalue weighted by atomic mass is 9.97. The van der Waals surface area contributed by atoms with E-state index in [0.29, 0.717) is 6.42 Å². The SMILES string of the molecule is Cc1ccc(C)c(C(=O)C2Cc3ccccc3O2)c1. The summed E-state index contributed by atoms with van der Waals surface area (Å²) < 4.78 is 5.77. The lowest BCUT2D eigenvalue weighted by Gasteiger charge is -2.12. The third-order valence-electron chi connectivity index (χ3n) is 3.60. The number of aryl methyl sites for hydroxylation is 2. The van der Waals surface area contributed by atoms with E-state index in [1.165, 1.54) is 0 Å². The molecule has 0 fully saturated rings. The highest BCUT2D eigenvalue weighted by Gasteiger charge is 2.30. The highest BCUT2D eigenvalue weighted by atomic mass is 16.5. The molecule has 2 heteroatoms. The molecule has 1 aliphatic heterocycles. The molecule has 0 spiro atoms. The third kappa shape index (κ3) is 2.14. The zero-order valence-corrected chi connectivity index (χ0v) is 11.1. The number of hydrogen-bond acceptors (Lipinski definition) is 2. The fraction of sp³-hybridized carbons (Fsp3) is 0.235. The van der Waals surface area contributed by atoms with Crippen molar-refractivity contribution in [3.8, 4) is 5.75 Å². The van der Waals surface area contributed by atoms with E-state index in [2.05, 4.69) is 0 Å². The molecule has 96 valence electrons. The van der Waals surface area contributed by atoms with E-state index in [-0.39, 0.29) is 11.9 Å². The second kappa shape index (κ2) is 4.54. The lowest BCUT2D eigenvalue weighted by molar-refractivity contribution is 0.0824. The highest BCUT2D eigenvalue weighted by molar-refractivity contribution is 6.01. The van der Waals surface area contributed by atoms with Gasteiger partial charge in [-0.25, -0.2) is 0 Å². The van der Waals surface area contributed by atoms with Gasteiger partial charge >= 0.3 is 0 Å². The molecular weight excluding hydrogens is 236 g/mol. The van der Waals surface area contributed by atoms with Crippen molar-refractivity contribution < 1.29 is 9.53 Å². The zero-order valence-electron chi connectivity index (χ0n) is 11.1. The first-order valence-electron chi connectivity index (χ1n) is 6.51. The number of Topliss-reactive ketones (excluding diaryl/α,β-unsaturated/α-hetero) is 1. The van der Waals surface area contributed by atoms with Crippen LogP contribution in [0.1, 0.15) is 27.0 Å². The van der Waals surface area contributed by atoms with Gasteiger partial charge in [-0.2, -0.15) is 0 Å². The molecule has 3 rings (SSSR count). The van der Waals surface area contributed by atoms with Crippen LogP contribution in [-0.2, 0) is 6.42 Å². The molecule has 0 saturated carbocycles. The number of rotatable bonds is 2. The lowest BCUT2D eigenvalue weighted by Crippen LogP contribution is -2.26. The van der Waals surface area contributed by atoms with Gasteiger partial charge in [-0.15, -0.1) is 0 Å². The van der Waals surface area contributed by atoms with E-state index in [4.69, 9.17) is 4.74 Å². The molecular formula is C17H16O2. The van der Waals surface area contributed by atoms with Crippen molar-refractivity contribution in [1.82, 2.24) is 0 Å². The summed E-state index contributed by atoms with van der Waals surface area (Å²) in [5.74, 6) is 0.920. The van der Waals surface area contributed by atoms with Gasteiger partial charge in [0.25, 0.3) is 0 Å². The quantitative estimate of drug-likeness (QED) is 0.765. The first kappa shape index (κ1) is 12.0. The minimum Gasteiger partial charge on any atom is -0.482 e. The molecule has 0 aliphatic carbocycles. The number of benzene rings is 2. The van der Waals surface area contributed by atoms with Crippen molar-refractivity contribution in [3.05, 3.63) is 64.7 Å². The molecule has 19 heavy (non-hydrogen) atoms. The Morgan fingerprint density at radius 2 is 1.95 bits per heavy atom. The standard InChI is InChI=1S/C17H16O2/c1-11-7-8-12(2)14(9-11)17(18)16-10-13-5-3-4-6-15(13)19-16/h3-9,16H,10H2,1-2H3. The molecule has 2 aromatic rings. The van der Waals surface area contributed by atoms with Gasteiger partial charge in [0.15, 0.2) is 6.10 Å². The van der Waals surface area contributed by atoms with Crippen LogP contribution in [0.3, 0.4) is 0 Å². The molecule has 1 unspecified atom stereocenters. The van der Waals surface area contributed by atoms with E-state index in [9.17, 15) is 4.79 Å².